The number of esters is 1. The molecule has 1 saturated heterocycles. The average molecular weight is 749 g/mol. The molecule has 0 aliphatic carbocycles. The molecule has 6 atom stereocenters. The van der Waals surface area contributed by atoms with E-state index < -0.39 is 69.5 Å². The predicted molar refractivity (Wildman–Crippen MR) is 218 cm³/mol. The molecule has 1 aliphatic rings. The van der Waals surface area contributed by atoms with E-state index in [0.717, 1.165) is 0 Å². The molecule has 49 heavy (non-hydrogen) atoms. The summed E-state index contributed by atoms with van der Waals surface area (Å²) in [5, 5.41) is -0.204. The van der Waals surface area contributed by atoms with Crippen molar-refractivity contribution >= 4 is 39.0 Å². The Kier molecular flexibility index (Phi) is 14.3. The fourth-order valence-electron chi connectivity index (χ4n) is 4.89. The second-order valence-corrected chi connectivity index (χ2v) is 39.0. The average Bonchev–Trinajstić information content (AvgIpc) is 2.92. The molecule has 0 amide bonds. The van der Waals surface area contributed by atoms with Crippen molar-refractivity contribution in [3.05, 3.63) is 60.3 Å². The molecule has 1 aliphatic heterocycles. The van der Waals surface area contributed by atoms with Crippen molar-refractivity contribution in [1.29, 1.82) is 0 Å². The zero-order valence-electron chi connectivity index (χ0n) is 34.4. The summed E-state index contributed by atoms with van der Waals surface area (Å²) < 4.78 is 36.0. The number of ether oxygens (including phenoxy) is 2. The lowest BCUT2D eigenvalue weighted by atomic mass is 9.90. The molecule has 2 rings (SSSR count). The van der Waals surface area contributed by atoms with Gasteiger partial charge in [-0.25, -0.2) is 4.79 Å². The predicted octanol–water partition coefficient (Wildman–Crippen LogP) is 11.2. The van der Waals surface area contributed by atoms with E-state index in [0.29, 0.717) is 12.0 Å². The smallest absolute Gasteiger partial charge is 0.338 e. The Balaban J connectivity index is 2.96. The highest BCUT2D eigenvalue weighted by molar-refractivity contribution is 6.81. The van der Waals surface area contributed by atoms with Crippen LogP contribution in [-0.4, -0.2) is 75.6 Å². The van der Waals surface area contributed by atoms with E-state index in [4.69, 9.17) is 22.8 Å². The van der Waals surface area contributed by atoms with Gasteiger partial charge in [0.15, 0.2) is 31.1 Å². The summed E-state index contributed by atoms with van der Waals surface area (Å²) in [6.07, 6.45) is 1.35. The van der Waals surface area contributed by atoms with Crippen LogP contribution in [0.5, 0.6) is 0 Å². The summed E-state index contributed by atoms with van der Waals surface area (Å²) in [6.45, 7) is 45.1. The second kappa shape index (κ2) is 15.9. The van der Waals surface area contributed by atoms with Crippen LogP contribution < -0.4 is 0 Å². The number of carbonyl (C=O) groups excluding carboxylic acids is 1. The van der Waals surface area contributed by atoms with Gasteiger partial charge < -0.3 is 22.8 Å². The van der Waals surface area contributed by atoms with E-state index in [1.807, 2.05) is 24.3 Å². The molecule has 0 bridgehead atoms. The second-order valence-electron chi connectivity index (χ2n) is 19.7. The van der Waals surface area contributed by atoms with Gasteiger partial charge in [-0.3, -0.25) is 0 Å². The maximum Gasteiger partial charge on any atom is 0.338 e. The molecule has 0 aromatic heterocycles. The van der Waals surface area contributed by atoms with Crippen LogP contribution in [0.2, 0.25) is 74.0 Å². The van der Waals surface area contributed by atoms with Gasteiger partial charge in [0.1, 0.15) is 24.4 Å². The first-order valence-electron chi connectivity index (χ1n) is 18.2. The zero-order valence-corrected chi connectivity index (χ0v) is 38.4. The Morgan fingerprint density at radius 3 is 1.65 bits per heavy atom. The standard InChI is InChI=1S/C39H72O6Si4/c1-20-24-30-32(42-36(40)29-25-22-21-23-26-29)34(44-48(16,17)38(5,6)7)35(45-49(18,19)39(8,9)10)33(41-30)31(27-28-46(11,12)13)43-47(14,15)37(2,3)4/h20-23,25-28,30-35H,1,24H2,2-19H3/b28-27+/t30?,31-,32?,33?,34?,35?/m0/s1. The SMILES string of the molecule is C=CCC1OC([C@H](/C=C/[Si](C)(C)C)O[Si](C)(C)C(C)(C)C)C(O[Si](C)(C)C(C)(C)C)C(O[Si](C)(C)C(C)(C)C)C1OC(=O)c1ccccc1. The van der Waals surface area contributed by atoms with E-state index in [1.54, 1.807) is 12.1 Å². The van der Waals surface area contributed by atoms with Crippen LogP contribution in [0.3, 0.4) is 0 Å². The van der Waals surface area contributed by atoms with Crippen molar-refractivity contribution in [2.75, 3.05) is 0 Å². The lowest BCUT2D eigenvalue weighted by molar-refractivity contribution is -0.227. The van der Waals surface area contributed by atoms with Crippen LogP contribution in [0.15, 0.2) is 54.8 Å². The van der Waals surface area contributed by atoms with Gasteiger partial charge in [0.05, 0.1) is 19.7 Å². The van der Waals surface area contributed by atoms with Gasteiger partial charge in [-0.2, -0.15) is 0 Å². The molecule has 280 valence electrons. The number of carbonyl (C=O) groups is 1. The first-order chi connectivity index (χ1) is 21.9. The van der Waals surface area contributed by atoms with Crippen LogP contribution in [-0.2, 0) is 22.8 Å². The summed E-state index contributed by atoms with van der Waals surface area (Å²) in [5.41, 5.74) is 2.86. The van der Waals surface area contributed by atoms with Crippen LogP contribution >= 0.6 is 0 Å². The van der Waals surface area contributed by atoms with Crippen molar-refractivity contribution in [2.45, 2.75) is 179 Å². The number of rotatable bonds is 13. The number of hydrogen-bond acceptors (Lipinski definition) is 6. The molecule has 1 heterocycles. The minimum atomic E-state index is -2.45. The van der Waals surface area contributed by atoms with Crippen LogP contribution in [0.25, 0.3) is 0 Å². The molecule has 0 spiro atoms. The Bertz CT molecular complexity index is 1270. The Labute approximate surface area is 305 Å². The normalized spacial score (nSPS) is 24.2. The zero-order chi connectivity index (χ0) is 38.0. The largest absolute Gasteiger partial charge is 0.453 e. The molecule has 0 N–H and O–H groups in total. The van der Waals surface area contributed by atoms with Crippen LogP contribution in [0, 0.1) is 0 Å². The quantitative estimate of drug-likeness (QED) is 0.114. The maximum atomic E-state index is 13.8. The molecule has 1 aromatic carbocycles. The highest BCUT2D eigenvalue weighted by atomic mass is 28.4. The van der Waals surface area contributed by atoms with Crippen molar-refractivity contribution < 1.29 is 27.5 Å². The monoisotopic (exact) mass is 748 g/mol. The Morgan fingerprint density at radius 1 is 0.755 bits per heavy atom. The minimum Gasteiger partial charge on any atom is -0.453 e. The topological polar surface area (TPSA) is 63.2 Å². The van der Waals surface area contributed by atoms with E-state index in [1.165, 1.54) is 0 Å². The Morgan fingerprint density at radius 2 is 1.22 bits per heavy atom. The third-order valence-electron chi connectivity index (χ3n) is 11.1. The molecule has 1 fully saturated rings. The summed E-state index contributed by atoms with van der Waals surface area (Å²) in [5.74, 6) is -0.399. The molecule has 10 heteroatoms. The highest BCUT2D eigenvalue weighted by Gasteiger charge is 2.57. The van der Waals surface area contributed by atoms with E-state index in [-0.39, 0.29) is 21.2 Å². The van der Waals surface area contributed by atoms with Gasteiger partial charge in [-0.15, -0.1) is 6.58 Å². The fraction of sp³-hybridized carbons (Fsp3) is 0.718. The molecule has 0 saturated carbocycles. The molecule has 5 unspecified atom stereocenters. The Hall–Kier alpha value is -1.12. The highest BCUT2D eigenvalue weighted by Crippen LogP contribution is 2.46. The molecular formula is C39H72O6Si4. The van der Waals surface area contributed by atoms with Crippen LogP contribution in [0.1, 0.15) is 79.1 Å². The van der Waals surface area contributed by atoms with E-state index in [9.17, 15) is 4.79 Å². The first-order valence-corrected chi connectivity index (χ1v) is 30.5. The van der Waals surface area contributed by atoms with Gasteiger partial charge >= 0.3 is 5.97 Å². The van der Waals surface area contributed by atoms with E-state index in [2.05, 4.69) is 140 Å². The third-order valence-corrected chi connectivity index (χ3v) is 25.8. The summed E-state index contributed by atoms with van der Waals surface area (Å²) >= 11 is 0. The van der Waals surface area contributed by atoms with Gasteiger partial charge in [0.2, 0.25) is 0 Å². The van der Waals surface area contributed by atoms with Crippen LogP contribution in [0.4, 0.5) is 0 Å². The van der Waals surface area contributed by atoms with Gasteiger partial charge in [0, 0.05) is 0 Å². The number of benzene rings is 1. The first kappa shape index (κ1) is 44.0. The lowest BCUT2D eigenvalue weighted by Gasteiger charge is -2.54. The van der Waals surface area contributed by atoms with E-state index >= 15 is 0 Å². The molecular weight excluding hydrogens is 677 g/mol. The van der Waals surface area contributed by atoms with Crippen molar-refractivity contribution in [1.82, 2.24) is 0 Å². The summed E-state index contributed by atoms with van der Waals surface area (Å²) in [4.78, 5) is 13.8. The third kappa shape index (κ3) is 11.7. The molecule has 6 nitrogen and oxygen atoms in total. The van der Waals surface area contributed by atoms with Crippen molar-refractivity contribution in [2.24, 2.45) is 0 Å². The minimum absolute atomic E-state index is 0.0198. The fourth-order valence-corrected chi connectivity index (χ4v) is 9.51. The van der Waals surface area contributed by atoms with Crippen molar-refractivity contribution in [3.8, 4) is 0 Å². The molecule has 0 radical (unpaired) electrons. The van der Waals surface area contributed by atoms with Gasteiger partial charge in [0.25, 0.3) is 0 Å². The summed E-state index contributed by atoms with van der Waals surface area (Å²) in [6, 6.07) is 9.18. The van der Waals surface area contributed by atoms with Gasteiger partial charge in [-0.05, 0) is 73.0 Å². The summed E-state index contributed by atoms with van der Waals surface area (Å²) in [7, 11) is -8.82. The number of hydrogen-bond donors (Lipinski definition) is 0. The van der Waals surface area contributed by atoms with Crippen molar-refractivity contribution in [3.63, 3.8) is 0 Å². The van der Waals surface area contributed by atoms with Gasteiger partial charge in [-0.1, -0.05) is 118 Å². The maximum absolute atomic E-state index is 13.8. The molecule has 1 aromatic rings. The lowest BCUT2D eigenvalue weighted by Crippen LogP contribution is -2.68.